The molecule has 0 fully saturated rings. The monoisotopic (exact) mass is 438 g/mol. The molecule has 0 radical (unpaired) electrons. The van der Waals surface area contributed by atoms with Gasteiger partial charge in [-0.2, -0.15) is 0 Å². The zero-order valence-electron chi connectivity index (χ0n) is 16.4. The summed E-state index contributed by atoms with van der Waals surface area (Å²) >= 11 is 3.17. The van der Waals surface area contributed by atoms with Crippen LogP contribution in [0, 0.1) is 0 Å². The van der Waals surface area contributed by atoms with Crippen LogP contribution < -0.4 is 0 Å². The van der Waals surface area contributed by atoms with Crippen LogP contribution in [0.4, 0.5) is 0 Å². The molecule has 4 rings (SSSR count). The molecule has 1 aromatic carbocycles. The molecule has 0 atom stereocenters. The minimum absolute atomic E-state index is 0.0352. The number of furan rings is 1. The summed E-state index contributed by atoms with van der Waals surface area (Å²) in [4.78, 5) is 16.2. The molecule has 0 N–H and O–H groups in total. The van der Waals surface area contributed by atoms with Crippen molar-refractivity contribution in [2.75, 3.05) is 5.75 Å². The minimum Gasteiger partial charge on any atom is -0.467 e. The summed E-state index contributed by atoms with van der Waals surface area (Å²) in [5, 5.41) is 11.1. The maximum atomic E-state index is 13.0. The Labute approximate surface area is 183 Å². The van der Waals surface area contributed by atoms with Crippen LogP contribution >= 0.6 is 23.1 Å². The fourth-order valence-corrected chi connectivity index (χ4v) is 4.58. The number of thiophene rings is 1. The highest BCUT2D eigenvalue weighted by Gasteiger charge is 2.18. The van der Waals surface area contributed by atoms with Gasteiger partial charge in [-0.1, -0.05) is 48.2 Å². The van der Waals surface area contributed by atoms with E-state index in [1.54, 1.807) is 23.9 Å². The van der Waals surface area contributed by atoms with Crippen LogP contribution in [0.15, 0.2) is 82.1 Å². The number of rotatable bonds is 10. The van der Waals surface area contributed by atoms with Gasteiger partial charge < -0.3 is 13.9 Å². The van der Waals surface area contributed by atoms with Crippen molar-refractivity contribution in [3.63, 3.8) is 0 Å². The molecule has 0 spiro atoms. The van der Waals surface area contributed by atoms with E-state index in [2.05, 4.69) is 27.7 Å². The Balaban J connectivity index is 1.38. The van der Waals surface area contributed by atoms with Crippen LogP contribution in [0.5, 0.6) is 0 Å². The highest BCUT2D eigenvalue weighted by Crippen LogP contribution is 2.19. The maximum absolute atomic E-state index is 13.0. The Morgan fingerprint density at radius 3 is 2.77 bits per heavy atom. The van der Waals surface area contributed by atoms with E-state index in [4.69, 9.17) is 4.42 Å². The van der Waals surface area contributed by atoms with Crippen molar-refractivity contribution in [1.82, 2.24) is 19.7 Å². The Morgan fingerprint density at radius 2 is 2.00 bits per heavy atom. The van der Waals surface area contributed by atoms with Gasteiger partial charge in [0.05, 0.1) is 18.6 Å². The number of amides is 1. The Bertz CT molecular complexity index is 1030. The molecule has 30 heavy (non-hydrogen) atoms. The number of hydrogen-bond acceptors (Lipinski definition) is 6. The van der Waals surface area contributed by atoms with Crippen molar-refractivity contribution in [2.45, 2.75) is 31.2 Å². The second-order valence-electron chi connectivity index (χ2n) is 6.74. The summed E-state index contributed by atoms with van der Waals surface area (Å²) in [5.74, 6) is 1.10. The molecule has 0 aliphatic rings. The highest BCUT2D eigenvalue weighted by molar-refractivity contribution is 7.99. The second-order valence-corrected chi connectivity index (χ2v) is 8.71. The quantitative estimate of drug-likeness (QED) is 0.341. The maximum Gasteiger partial charge on any atom is 0.233 e. The number of aromatic nitrogens is 3. The third-order valence-electron chi connectivity index (χ3n) is 4.58. The lowest BCUT2D eigenvalue weighted by Gasteiger charge is -2.21. The molecule has 0 aliphatic carbocycles. The van der Waals surface area contributed by atoms with Crippen molar-refractivity contribution in [2.24, 2.45) is 0 Å². The van der Waals surface area contributed by atoms with Gasteiger partial charge in [-0.15, -0.1) is 21.5 Å². The second kappa shape index (κ2) is 10.3. The Morgan fingerprint density at radius 1 is 1.10 bits per heavy atom. The number of carbonyl (C=O) groups excluding carboxylic acids is 1. The van der Waals surface area contributed by atoms with Crippen LogP contribution in [0.1, 0.15) is 16.2 Å². The van der Waals surface area contributed by atoms with Gasteiger partial charge in [0.2, 0.25) is 5.91 Å². The lowest BCUT2D eigenvalue weighted by Crippen LogP contribution is -2.31. The molecule has 0 saturated carbocycles. The van der Waals surface area contributed by atoms with Crippen molar-refractivity contribution < 1.29 is 9.21 Å². The van der Waals surface area contributed by atoms with Crippen molar-refractivity contribution >= 4 is 29.0 Å². The number of aryl methyl sites for hydroxylation is 2. The van der Waals surface area contributed by atoms with E-state index in [1.807, 2.05) is 51.9 Å². The molecular formula is C22H22N4O2S2. The van der Waals surface area contributed by atoms with E-state index in [-0.39, 0.29) is 5.91 Å². The average Bonchev–Trinajstić information content (AvgIpc) is 3.54. The van der Waals surface area contributed by atoms with Gasteiger partial charge in [-0.3, -0.25) is 4.79 Å². The molecule has 6 nitrogen and oxygen atoms in total. The number of benzene rings is 1. The largest absolute Gasteiger partial charge is 0.467 e. The van der Waals surface area contributed by atoms with Gasteiger partial charge >= 0.3 is 0 Å². The third-order valence-corrected chi connectivity index (χ3v) is 6.48. The molecule has 0 aliphatic heterocycles. The van der Waals surface area contributed by atoms with Crippen LogP contribution in [0.3, 0.4) is 0 Å². The summed E-state index contributed by atoms with van der Waals surface area (Å²) in [7, 11) is 0. The summed E-state index contributed by atoms with van der Waals surface area (Å²) in [6.45, 7) is 1.77. The van der Waals surface area contributed by atoms with E-state index >= 15 is 0 Å². The summed E-state index contributed by atoms with van der Waals surface area (Å²) in [6.07, 6.45) is 4.28. The number of nitrogens with zero attached hydrogens (tertiary/aromatic N) is 4. The number of carbonyl (C=O) groups is 1. The lowest BCUT2D eigenvalue weighted by molar-refractivity contribution is -0.129. The van der Waals surface area contributed by atoms with E-state index in [1.165, 1.54) is 16.6 Å². The molecule has 0 unspecified atom stereocenters. The van der Waals surface area contributed by atoms with Gasteiger partial charge in [0.15, 0.2) is 5.16 Å². The van der Waals surface area contributed by atoms with Crippen LogP contribution in [-0.4, -0.2) is 31.3 Å². The van der Waals surface area contributed by atoms with Gasteiger partial charge in [-0.25, -0.2) is 0 Å². The summed E-state index contributed by atoms with van der Waals surface area (Å²) < 4.78 is 7.47. The first-order valence-electron chi connectivity index (χ1n) is 9.65. The summed E-state index contributed by atoms with van der Waals surface area (Å²) in [5.41, 5.74) is 1.08. The van der Waals surface area contributed by atoms with Crippen molar-refractivity contribution in [3.05, 3.63) is 88.8 Å². The predicted molar refractivity (Wildman–Crippen MR) is 118 cm³/mol. The average molecular weight is 439 g/mol. The van der Waals surface area contributed by atoms with Crippen LogP contribution in [0.2, 0.25) is 0 Å². The predicted octanol–water partition coefficient (Wildman–Crippen LogP) is 4.50. The zero-order valence-corrected chi connectivity index (χ0v) is 18.0. The first kappa shape index (κ1) is 20.4. The summed E-state index contributed by atoms with van der Waals surface area (Å²) in [6, 6.07) is 17.9. The Hall–Kier alpha value is -2.84. The molecular weight excluding hydrogens is 416 g/mol. The normalized spacial score (nSPS) is 10.9. The molecule has 3 heterocycles. The van der Waals surface area contributed by atoms with Gasteiger partial charge in [-0.05, 0) is 35.6 Å². The molecule has 0 bridgehead atoms. The SMILES string of the molecule is O=C(CSc1nncn1CCc1cccs1)N(Cc1ccccc1)Cc1ccco1. The molecule has 4 aromatic rings. The van der Waals surface area contributed by atoms with Crippen molar-refractivity contribution in [1.29, 1.82) is 0 Å². The first-order chi connectivity index (χ1) is 14.8. The molecule has 0 saturated heterocycles. The van der Waals surface area contributed by atoms with E-state index in [9.17, 15) is 4.79 Å². The van der Waals surface area contributed by atoms with E-state index in [0.717, 1.165) is 29.4 Å². The molecule has 8 heteroatoms. The van der Waals surface area contributed by atoms with Crippen LogP contribution in [0.25, 0.3) is 0 Å². The van der Waals surface area contributed by atoms with Crippen molar-refractivity contribution in [3.8, 4) is 0 Å². The van der Waals surface area contributed by atoms with Crippen LogP contribution in [-0.2, 0) is 30.8 Å². The van der Waals surface area contributed by atoms with Gasteiger partial charge in [0, 0.05) is 18.0 Å². The minimum atomic E-state index is 0.0352. The fourth-order valence-electron chi connectivity index (χ4n) is 3.04. The fraction of sp³-hybridized carbons (Fsp3) is 0.227. The number of hydrogen-bond donors (Lipinski definition) is 0. The topological polar surface area (TPSA) is 64.2 Å². The molecule has 1 amide bonds. The smallest absolute Gasteiger partial charge is 0.233 e. The first-order valence-corrected chi connectivity index (χ1v) is 11.5. The zero-order chi connectivity index (χ0) is 20.6. The highest BCUT2D eigenvalue weighted by atomic mass is 32.2. The molecule has 154 valence electrons. The standard InChI is InChI=1S/C22H22N4O2S2/c27-21(16-30-22-24-23-17-25(22)11-10-20-9-5-13-29-20)26(15-19-8-4-12-28-19)14-18-6-2-1-3-7-18/h1-9,12-13,17H,10-11,14-16H2. The van der Waals surface area contributed by atoms with E-state index in [0.29, 0.717) is 18.8 Å². The molecule has 3 aromatic heterocycles. The Kier molecular flexibility index (Phi) is 6.99. The van der Waals surface area contributed by atoms with Gasteiger partial charge in [0.25, 0.3) is 0 Å². The lowest BCUT2D eigenvalue weighted by atomic mass is 10.2. The number of thioether (sulfide) groups is 1. The van der Waals surface area contributed by atoms with E-state index < -0.39 is 0 Å². The third kappa shape index (κ3) is 5.61. The van der Waals surface area contributed by atoms with Gasteiger partial charge in [0.1, 0.15) is 12.1 Å².